The predicted octanol–water partition coefficient (Wildman–Crippen LogP) is 2.68. The lowest BCUT2D eigenvalue weighted by Gasteiger charge is -2.21. The Kier molecular flexibility index (Phi) is 4.38. The second kappa shape index (κ2) is 6.63. The van der Waals surface area contributed by atoms with Crippen LogP contribution >= 0.6 is 0 Å². The first-order valence-electron chi connectivity index (χ1n) is 9.26. The second-order valence-electron chi connectivity index (χ2n) is 7.42. The molecular formula is C18H27N3O2. The zero-order chi connectivity index (χ0) is 15.6. The molecule has 23 heavy (non-hydrogen) atoms. The van der Waals surface area contributed by atoms with Crippen LogP contribution in [0.25, 0.3) is 0 Å². The zero-order valence-electron chi connectivity index (χ0n) is 13.9. The van der Waals surface area contributed by atoms with Gasteiger partial charge in [0.15, 0.2) is 5.69 Å². The van der Waals surface area contributed by atoms with Crippen molar-refractivity contribution >= 4 is 5.91 Å². The largest absolute Gasteiger partial charge is 0.376 e. The first kappa shape index (κ1) is 15.2. The SMILES string of the molecule is O=C(NCC1CCCCC1)c1nn(CC2CC2)c2c1COCC2. The Bertz CT molecular complexity index is 571. The van der Waals surface area contributed by atoms with Gasteiger partial charge in [0.25, 0.3) is 5.91 Å². The van der Waals surface area contributed by atoms with Gasteiger partial charge in [-0.15, -0.1) is 0 Å². The van der Waals surface area contributed by atoms with Crippen molar-refractivity contribution in [1.82, 2.24) is 15.1 Å². The Hall–Kier alpha value is -1.36. The quantitative estimate of drug-likeness (QED) is 0.908. The highest BCUT2D eigenvalue weighted by Crippen LogP contribution is 2.32. The van der Waals surface area contributed by atoms with E-state index in [9.17, 15) is 4.79 Å². The zero-order valence-corrected chi connectivity index (χ0v) is 13.9. The monoisotopic (exact) mass is 317 g/mol. The van der Waals surface area contributed by atoms with E-state index >= 15 is 0 Å². The molecule has 1 N–H and O–H groups in total. The number of nitrogens with zero attached hydrogens (tertiary/aromatic N) is 2. The van der Waals surface area contributed by atoms with Gasteiger partial charge in [-0.25, -0.2) is 0 Å². The van der Waals surface area contributed by atoms with Gasteiger partial charge < -0.3 is 10.1 Å². The van der Waals surface area contributed by atoms with E-state index in [-0.39, 0.29) is 5.91 Å². The molecule has 0 aromatic carbocycles. The average Bonchev–Trinajstić information content (AvgIpc) is 3.34. The summed E-state index contributed by atoms with van der Waals surface area (Å²) in [6.07, 6.45) is 9.93. The van der Waals surface area contributed by atoms with Gasteiger partial charge in [0.05, 0.1) is 13.2 Å². The fraction of sp³-hybridized carbons (Fsp3) is 0.778. The van der Waals surface area contributed by atoms with Crippen LogP contribution in [0.15, 0.2) is 0 Å². The standard InChI is InChI=1S/C18H27N3O2/c22-18(19-10-13-4-2-1-3-5-13)17-15-12-23-9-8-16(15)21(20-17)11-14-6-7-14/h13-14H,1-12H2,(H,19,22). The van der Waals surface area contributed by atoms with Crippen LogP contribution in [0, 0.1) is 11.8 Å². The van der Waals surface area contributed by atoms with Crippen LogP contribution in [0.5, 0.6) is 0 Å². The summed E-state index contributed by atoms with van der Waals surface area (Å²) < 4.78 is 7.67. The van der Waals surface area contributed by atoms with Crippen molar-refractivity contribution < 1.29 is 9.53 Å². The minimum absolute atomic E-state index is 0.00753. The highest BCUT2D eigenvalue weighted by Gasteiger charge is 2.29. The van der Waals surface area contributed by atoms with Gasteiger partial charge in [0.2, 0.25) is 0 Å². The van der Waals surface area contributed by atoms with Crippen LogP contribution < -0.4 is 5.32 Å². The highest BCUT2D eigenvalue weighted by molar-refractivity contribution is 5.94. The first-order valence-corrected chi connectivity index (χ1v) is 9.26. The number of carbonyl (C=O) groups is 1. The summed E-state index contributed by atoms with van der Waals surface area (Å²) in [5.41, 5.74) is 2.86. The van der Waals surface area contributed by atoms with Gasteiger partial charge in [0.1, 0.15) is 0 Å². The smallest absolute Gasteiger partial charge is 0.272 e. The maximum Gasteiger partial charge on any atom is 0.272 e. The fourth-order valence-corrected chi connectivity index (χ4v) is 3.90. The molecule has 2 aliphatic carbocycles. The summed E-state index contributed by atoms with van der Waals surface area (Å²) in [7, 11) is 0. The summed E-state index contributed by atoms with van der Waals surface area (Å²) in [6.45, 7) is 3.04. The van der Waals surface area contributed by atoms with Gasteiger partial charge in [-0.3, -0.25) is 9.48 Å². The third kappa shape index (κ3) is 3.44. The van der Waals surface area contributed by atoms with Crippen molar-refractivity contribution in [2.75, 3.05) is 13.2 Å². The van der Waals surface area contributed by atoms with Crippen molar-refractivity contribution in [2.45, 2.75) is 64.5 Å². The van der Waals surface area contributed by atoms with Crippen LogP contribution in [-0.4, -0.2) is 28.8 Å². The third-order valence-corrected chi connectivity index (χ3v) is 5.52. The van der Waals surface area contributed by atoms with E-state index in [0.29, 0.717) is 18.2 Å². The van der Waals surface area contributed by atoms with Gasteiger partial charge in [-0.05, 0) is 37.5 Å². The summed E-state index contributed by atoms with van der Waals surface area (Å²) in [5.74, 6) is 1.40. The van der Waals surface area contributed by atoms with Crippen molar-refractivity contribution in [2.24, 2.45) is 11.8 Å². The lowest BCUT2D eigenvalue weighted by Crippen LogP contribution is -2.31. The number of amides is 1. The summed E-state index contributed by atoms with van der Waals surface area (Å²) in [6, 6.07) is 0. The van der Waals surface area contributed by atoms with Crippen LogP contribution in [0.1, 0.15) is 66.7 Å². The lowest BCUT2D eigenvalue weighted by atomic mass is 9.89. The molecule has 1 aromatic heterocycles. The summed E-state index contributed by atoms with van der Waals surface area (Å²) >= 11 is 0. The minimum Gasteiger partial charge on any atom is -0.376 e. The Morgan fingerprint density at radius 2 is 2.00 bits per heavy atom. The van der Waals surface area contributed by atoms with E-state index in [1.165, 1.54) is 50.6 Å². The van der Waals surface area contributed by atoms with E-state index in [0.717, 1.165) is 37.6 Å². The lowest BCUT2D eigenvalue weighted by molar-refractivity contribution is 0.0916. The number of rotatable bonds is 5. The molecule has 1 amide bonds. The molecule has 0 spiro atoms. The number of hydrogen-bond acceptors (Lipinski definition) is 3. The second-order valence-corrected chi connectivity index (χ2v) is 7.42. The molecule has 0 bridgehead atoms. The van der Waals surface area contributed by atoms with E-state index < -0.39 is 0 Å². The molecule has 5 nitrogen and oxygen atoms in total. The Balaban J connectivity index is 1.45. The van der Waals surface area contributed by atoms with E-state index in [2.05, 4.69) is 15.1 Å². The van der Waals surface area contributed by atoms with Gasteiger partial charge in [0, 0.05) is 30.8 Å². The Morgan fingerprint density at radius 1 is 1.17 bits per heavy atom. The average molecular weight is 317 g/mol. The van der Waals surface area contributed by atoms with Gasteiger partial charge >= 0.3 is 0 Å². The molecule has 2 saturated carbocycles. The van der Waals surface area contributed by atoms with Crippen molar-refractivity contribution in [3.63, 3.8) is 0 Å². The number of hydrogen-bond donors (Lipinski definition) is 1. The van der Waals surface area contributed by atoms with Crippen LogP contribution in [0.4, 0.5) is 0 Å². The number of ether oxygens (including phenoxy) is 1. The molecule has 1 aliphatic heterocycles. The van der Waals surface area contributed by atoms with E-state index in [1.54, 1.807) is 0 Å². The molecule has 2 fully saturated rings. The van der Waals surface area contributed by atoms with Crippen LogP contribution in [0.2, 0.25) is 0 Å². The Morgan fingerprint density at radius 3 is 2.78 bits per heavy atom. The van der Waals surface area contributed by atoms with E-state index in [1.807, 2.05) is 0 Å². The maximum absolute atomic E-state index is 12.6. The molecular weight excluding hydrogens is 290 g/mol. The molecule has 0 saturated heterocycles. The van der Waals surface area contributed by atoms with Crippen molar-refractivity contribution in [3.8, 4) is 0 Å². The molecule has 3 aliphatic rings. The summed E-state index contributed by atoms with van der Waals surface area (Å²) in [4.78, 5) is 12.6. The van der Waals surface area contributed by atoms with Gasteiger partial charge in [-0.1, -0.05) is 19.3 Å². The molecule has 126 valence electrons. The van der Waals surface area contributed by atoms with Crippen molar-refractivity contribution in [1.29, 1.82) is 0 Å². The number of nitrogens with one attached hydrogen (secondary N) is 1. The van der Waals surface area contributed by atoms with Gasteiger partial charge in [-0.2, -0.15) is 5.10 Å². The molecule has 5 heteroatoms. The fourth-order valence-electron chi connectivity index (χ4n) is 3.90. The third-order valence-electron chi connectivity index (χ3n) is 5.52. The first-order chi connectivity index (χ1) is 11.3. The normalized spacial score (nSPS) is 21.9. The predicted molar refractivity (Wildman–Crippen MR) is 87.2 cm³/mol. The molecule has 0 unspecified atom stereocenters. The molecule has 0 atom stereocenters. The highest BCUT2D eigenvalue weighted by atomic mass is 16.5. The van der Waals surface area contributed by atoms with Crippen molar-refractivity contribution in [3.05, 3.63) is 17.0 Å². The topological polar surface area (TPSA) is 56.2 Å². The maximum atomic E-state index is 12.6. The number of aromatic nitrogens is 2. The molecule has 2 heterocycles. The molecule has 4 rings (SSSR count). The van der Waals surface area contributed by atoms with E-state index in [4.69, 9.17) is 4.74 Å². The minimum atomic E-state index is -0.00753. The summed E-state index contributed by atoms with van der Waals surface area (Å²) in [5, 5.41) is 7.79. The number of carbonyl (C=O) groups excluding carboxylic acids is 1. The molecule has 1 aromatic rings. The van der Waals surface area contributed by atoms with Crippen LogP contribution in [-0.2, 0) is 24.3 Å². The molecule has 0 radical (unpaired) electrons. The number of fused-ring (bicyclic) bond motifs is 1. The van der Waals surface area contributed by atoms with Crippen LogP contribution in [0.3, 0.4) is 0 Å². The Labute approximate surface area is 137 Å².